The molecule has 104 valence electrons. The predicted molar refractivity (Wildman–Crippen MR) is 72.8 cm³/mol. The van der Waals surface area contributed by atoms with E-state index >= 15 is 0 Å². The molecule has 0 aliphatic carbocycles. The van der Waals surface area contributed by atoms with Crippen LogP contribution < -0.4 is 0 Å². The maximum Gasteiger partial charge on any atom is 0.304 e. The first-order valence-corrected chi connectivity index (χ1v) is 6.68. The zero-order valence-electron chi connectivity index (χ0n) is 11.3. The molecule has 2 rings (SSSR count). The number of hydrogen-bond acceptors (Lipinski definition) is 4. The monoisotopic (exact) mass is 263 g/mol. The topological polar surface area (TPSA) is 56.7 Å². The molecule has 1 aromatic heterocycles. The highest BCUT2D eigenvalue weighted by molar-refractivity contribution is 5.67. The maximum absolute atomic E-state index is 10.9. The van der Waals surface area contributed by atoms with Gasteiger partial charge in [0.1, 0.15) is 0 Å². The number of aliphatic carboxylic acids is 1. The van der Waals surface area contributed by atoms with Crippen LogP contribution in [0.3, 0.4) is 0 Å². The Morgan fingerprint density at radius 3 is 3.05 bits per heavy atom. The van der Waals surface area contributed by atoms with Crippen LogP contribution in [0.1, 0.15) is 18.4 Å². The lowest BCUT2D eigenvalue weighted by Crippen LogP contribution is -2.40. The van der Waals surface area contributed by atoms with Gasteiger partial charge >= 0.3 is 5.97 Å². The van der Waals surface area contributed by atoms with Crippen molar-refractivity contribution in [3.63, 3.8) is 0 Å². The average molecular weight is 263 g/mol. The molecule has 1 fully saturated rings. The molecule has 1 aliphatic heterocycles. The SMILES string of the molecule is CN1CCCN(Cc2cccnc2)CC1CC(=O)O. The van der Waals surface area contributed by atoms with E-state index in [-0.39, 0.29) is 12.5 Å². The minimum atomic E-state index is -0.722. The Labute approximate surface area is 113 Å². The van der Waals surface area contributed by atoms with Crippen molar-refractivity contribution in [1.82, 2.24) is 14.8 Å². The van der Waals surface area contributed by atoms with E-state index in [1.54, 1.807) is 6.20 Å². The molecule has 19 heavy (non-hydrogen) atoms. The molecule has 0 amide bonds. The van der Waals surface area contributed by atoms with Crippen molar-refractivity contribution in [2.45, 2.75) is 25.4 Å². The van der Waals surface area contributed by atoms with Crippen LogP contribution in [0.2, 0.25) is 0 Å². The molecule has 0 aromatic carbocycles. The first kappa shape index (κ1) is 14.0. The highest BCUT2D eigenvalue weighted by Crippen LogP contribution is 2.13. The Morgan fingerprint density at radius 1 is 1.53 bits per heavy atom. The minimum Gasteiger partial charge on any atom is -0.481 e. The molecule has 2 heterocycles. The van der Waals surface area contributed by atoms with E-state index in [0.717, 1.165) is 32.6 Å². The lowest BCUT2D eigenvalue weighted by Gasteiger charge is -2.27. The van der Waals surface area contributed by atoms with Gasteiger partial charge in [-0.2, -0.15) is 0 Å². The fourth-order valence-electron chi connectivity index (χ4n) is 2.57. The van der Waals surface area contributed by atoms with E-state index in [0.29, 0.717) is 0 Å². The first-order chi connectivity index (χ1) is 9.15. The van der Waals surface area contributed by atoms with E-state index in [1.165, 1.54) is 5.56 Å². The molecule has 1 aliphatic rings. The summed E-state index contributed by atoms with van der Waals surface area (Å²) in [6, 6.07) is 4.10. The van der Waals surface area contributed by atoms with Crippen molar-refractivity contribution >= 4 is 5.97 Å². The van der Waals surface area contributed by atoms with Gasteiger partial charge in [-0.1, -0.05) is 6.07 Å². The van der Waals surface area contributed by atoms with Crippen molar-refractivity contribution in [1.29, 1.82) is 0 Å². The van der Waals surface area contributed by atoms with Crippen molar-refractivity contribution in [2.24, 2.45) is 0 Å². The van der Waals surface area contributed by atoms with Crippen LogP contribution in [0.4, 0.5) is 0 Å². The van der Waals surface area contributed by atoms with Gasteiger partial charge in [-0.25, -0.2) is 0 Å². The number of nitrogens with zero attached hydrogens (tertiary/aromatic N) is 3. The van der Waals surface area contributed by atoms with Crippen molar-refractivity contribution in [2.75, 3.05) is 26.7 Å². The molecule has 1 saturated heterocycles. The summed E-state index contributed by atoms with van der Waals surface area (Å²) in [6.07, 6.45) is 4.93. The van der Waals surface area contributed by atoms with Crippen molar-refractivity contribution in [3.8, 4) is 0 Å². The largest absolute Gasteiger partial charge is 0.481 e. The van der Waals surface area contributed by atoms with Gasteiger partial charge in [0.2, 0.25) is 0 Å². The smallest absolute Gasteiger partial charge is 0.304 e. The average Bonchev–Trinajstić information content (AvgIpc) is 2.53. The molecule has 0 spiro atoms. The summed E-state index contributed by atoms with van der Waals surface area (Å²) >= 11 is 0. The molecule has 1 atom stereocenters. The zero-order valence-corrected chi connectivity index (χ0v) is 11.3. The Kier molecular flexibility index (Phi) is 4.87. The molecule has 1 aromatic rings. The summed E-state index contributed by atoms with van der Waals surface area (Å²) < 4.78 is 0. The number of rotatable bonds is 4. The van der Waals surface area contributed by atoms with Gasteiger partial charge in [0.05, 0.1) is 6.42 Å². The molecule has 0 saturated carbocycles. The molecule has 1 unspecified atom stereocenters. The molecule has 0 bridgehead atoms. The Balaban J connectivity index is 1.98. The quantitative estimate of drug-likeness (QED) is 0.880. The van der Waals surface area contributed by atoms with Crippen LogP contribution in [0.5, 0.6) is 0 Å². The second-order valence-corrected chi connectivity index (χ2v) is 5.18. The van der Waals surface area contributed by atoms with Gasteiger partial charge < -0.3 is 10.0 Å². The number of carboxylic acid groups (broad SMARTS) is 1. The Bertz CT molecular complexity index is 410. The minimum absolute atomic E-state index is 0.0941. The van der Waals surface area contributed by atoms with Crippen molar-refractivity contribution < 1.29 is 9.90 Å². The van der Waals surface area contributed by atoms with E-state index in [1.807, 2.05) is 19.3 Å². The van der Waals surface area contributed by atoms with Gasteiger partial charge in [0.25, 0.3) is 0 Å². The van der Waals surface area contributed by atoms with Crippen LogP contribution in [0.25, 0.3) is 0 Å². The first-order valence-electron chi connectivity index (χ1n) is 6.68. The van der Waals surface area contributed by atoms with E-state index in [2.05, 4.69) is 20.9 Å². The van der Waals surface area contributed by atoms with Gasteiger partial charge in [-0.05, 0) is 38.2 Å². The number of aromatic nitrogens is 1. The van der Waals surface area contributed by atoms with Gasteiger partial charge in [0.15, 0.2) is 0 Å². The standard InChI is InChI=1S/C14H21N3O2/c1-16-6-3-7-17(11-13(16)8-14(18)19)10-12-4-2-5-15-9-12/h2,4-5,9,13H,3,6-8,10-11H2,1H3,(H,18,19). The van der Waals surface area contributed by atoms with Crippen LogP contribution >= 0.6 is 0 Å². The molecular formula is C14H21N3O2. The molecule has 5 nitrogen and oxygen atoms in total. The van der Waals surface area contributed by atoms with Gasteiger partial charge in [-0.3, -0.25) is 14.7 Å². The summed E-state index contributed by atoms with van der Waals surface area (Å²) in [5, 5.41) is 9.00. The normalized spacial score (nSPS) is 22.1. The molecule has 1 N–H and O–H groups in total. The lowest BCUT2D eigenvalue weighted by molar-refractivity contribution is -0.138. The molecular weight excluding hydrogens is 242 g/mol. The van der Waals surface area contributed by atoms with E-state index in [9.17, 15) is 4.79 Å². The number of carboxylic acids is 1. The summed E-state index contributed by atoms with van der Waals surface area (Å²) in [5.41, 5.74) is 1.18. The summed E-state index contributed by atoms with van der Waals surface area (Å²) in [6.45, 7) is 3.62. The van der Waals surface area contributed by atoms with E-state index in [4.69, 9.17) is 5.11 Å². The molecule has 0 radical (unpaired) electrons. The molecule has 5 heteroatoms. The fourth-order valence-corrected chi connectivity index (χ4v) is 2.57. The summed E-state index contributed by atoms with van der Waals surface area (Å²) in [5.74, 6) is -0.722. The second-order valence-electron chi connectivity index (χ2n) is 5.18. The van der Waals surface area contributed by atoms with Crippen LogP contribution in [-0.4, -0.2) is 58.6 Å². The summed E-state index contributed by atoms with van der Waals surface area (Å²) in [7, 11) is 2.02. The van der Waals surface area contributed by atoms with Gasteiger partial charge in [-0.15, -0.1) is 0 Å². The number of hydrogen-bond donors (Lipinski definition) is 1. The number of pyridine rings is 1. The van der Waals surface area contributed by atoms with Crippen LogP contribution in [-0.2, 0) is 11.3 Å². The third-order valence-electron chi connectivity index (χ3n) is 3.62. The zero-order chi connectivity index (χ0) is 13.7. The fraction of sp³-hybridized carbons (Fsp3) is 0.571. The highest BCUT2D eigenvalue weighted by atomic mass is 16.4. The highest BCUT2D eigenvalue weighted by Gasteiger charge is 2.24. The summed E-state index contributed by atoms with van der Waals surface area (Å²) in [4.78, 5) is 19.6. The second kappa shape index (κ2) is 6.63. The van der Waals surface area contributed by atoms with E-state index < -0.39 is 5.97 Å². The van der Waals surface area contributed by atoms with Gasteiger partial charge in [0, 0.05) is 31.5 Å². The number of carbonyl (C=O) groups is 1. The predicted octanol–water partition coefficient (Wildman–Crippen LogP) is 1.06. The Morgan fingerprint density at radius 2 is 2.37 bits per heavy atom. The number of likely N-dealkylation sites (N-methyl/N-ethyl adjacent to an activating group) is 1. The third kappa shape index (κ3) is 4.29. The van der Waals surface area contributed by atoms with Crippen LogP contribution in [0.15, 0.2) is 24.5 Å². The maximum atomic E-state index is 10.9. The third-order valence-corrected chi connectivity index (χ3v) is 3.62. The van der Waals surface area contributed by atoms with Crippen LogP contribution in [0, 0.1) is 0 Å². The lowest BCUT2D eigenvalue weighted by atomic mass is 10.1. The van der Waals surface area contributed by atoms with Crippen molar-refractivity contribution in [3.05, 3.63) is 30.1 Å². The Hall–Kier alpha value is -1.46.